The Labute approximate surface area is 704 Å². The van der Waals surface area contributed by atoms with Crippen molar-refractivity contribution in [3.05, 3.63) is 114 Å². The van der Waals surface area contributed by atoms with E-state index in [9.17, 15) is 47.9 Å². The quantitative estimate of drug-likeness (QED) is 0.0244. The van der Waals surface area contributed by atoms with Gasteiger partial charge < -0.3 is 123 Å². The Hall–Kier alpha value is -12.3. The van der Waals surface area contributed by atoms with Crippen molar-refractivity contribution in [3.63, 3.8) is 0 Å². The summed E-state index contributed by atoms with van der Waals surface area (Å²) >= 11 is 0. The number of imidazole rings is 4. The maximum absolute atomic E-state index is 13.3. The van der Waals surface area contributed by atoms with Gasteiger partial charge in [-0.2, -0.15) is 0 Å². The van der Waals surface area contributed by atoms with Crippen LogP contribution in [0.4, 0.5) is 23.0 Å². The monoisotopic (exact) mass is 1690 g/mol. The third-order valence-electron chi connectivity index (χ3n) is 20.1. The number of likely N-dealkylation sites (tertiary alicyclic amines) is 1. The number of carbonyl (C=O) groups is 10. The number of carbonyl (C=O) groups excluding carboxylic acids is 10. The first-order valence-electron chi connectivity index (χ1n) is 40.4. The van der Waals surface area contributed by atoms with E-state index in [-0.39, 0.29) is 141 Å². The topological polar surface area (TPSA) is 470 Å². The Morgan fingerprint density at radius 1 is 0.541 bits per heavy atom. The van der Waals surface area contributed by atoms with E-state index in [1.807, 2.05) is 44.1 Å². The summed E-state index contributed by atoms with van der Waals surface area (Å²) in [6, 6.07) is 6.95. The molecule has 1 aromatic carbocycles. The molecule has 10 rings (SSSR count). The van der Waals surface area contributed by atoms with E-state index in [1.54, 1.807) is 66.4 Å². The molecule has 1 fully saturated rings. The lowest BCUT2D eigenvalue weighted by atomic mass is 9.95. The van der Waals surface area contributed by atoms with Crippen molar-refractivity contribution in [1.82, 2.24) is 93.9 Å². The number of fused-ring (bicyclic) bond motifs is 3. The molecular weight excluding hydrogens is 1580 g/mol. The van der Waals surface area contributed by atoms with Gasteiger partial charge in [-0.05, 0) is 90.9 Å². The second-order valence-corrected chi connectivity index (χ2v) is 29.5. The second-order valence-electron chi connectivity index (χ2n) is 29.5. The summed E-state index contributed by atoms with van der Waals surface area (Å²) in [6.07, 6.45) is 13.8. The summed E-state index contributed by atoms with van der Waals surface area (Å²) in [5.41, 5.74) is 6.10. The zero-order valence-electron chi connectivity index (χ0n) is 70.9. The molecule has 0 spiro atoms. The highest BCUT2D eigenvalue weighted by molar-refractivity contribution is 6.07. The van der Waals surface area contributed by atoms with Crippen molar-refractivity contribution in [2.24, 2.45) is 35.2 Å². The van der Waals surface area contributed by atoms with E-state index in [0.717, 1.165) is 70.4 Å². The zero-order valence-corrected chi connectivity index (χ0v) is 70.9. The van der Waals surface area contributed by atoms with Crippen molar-refractivity contribution in [2.45, 2.75) is 84.1 Å². The number of aryl methyl sites for hydroxylation is 7. The molecule has 1 saturated heterocycles. The highest BCUT2D eigenvalue weighted by Crippen LogP contribution is 2.41. The first kappa shape index (κ1) is 92.0. The number of hydrogen-bond acceptors (Lipinski definition) is 25. The molecule has 9 N–H and O–H groups in total. The van der Waals surface area contributed by atoms with Crippen molar-refractivity contribution in [3.8, 4) is 16.9 Å². The molecule has 9 heterocycles. The maximum Gasteiger partial charge on any atom is 0.291 e. The Bertz CT molecular complexity index is 5080. The van der Waals surface area contributed by atoms with Gasteiger partial charge in [0.25, 0.3) is 29.5 Å². The van der Waals surface area contributed by atoms with Gasteiger partial charge in [0.1, 0.15) is 40.8 Å². The number of hydrogen-bond donors (Lipinski definition) is 9. The van der Waals surface area contributed by atoms with Crippen LogP contribution in [0, 0.1) is 13.8 Å². The standard InChI is InChI=1S/C81H111N23O18/c1-51(49-115-10)104-72-57-43-63(116-11)58(71-52(2)96-122-53(71)3)42-59(57)88-44-60(72)91-73(104)54-17-28-103(29-18-54)70(109)50-121-39-38-120-37-36-119-35-34-118-33-32-117-31-19-67(106)83-21-13-27-97(4)26-12-20-82-66(105)14-22-87-79(112)75-94-64(47-101(75)8)92-68(107)15-23-86-78(111)62-41-56(46-100(62)7)90-81(114)76-95-65(48-102(76)9)93-69(108)16-24-85-77(110)61-40-55(45-99(61)6)89-80(113)74-84-25-30-98(74)5/h25,30,40-48,51,54H,12-24,26-29,31-39,49-50H2,1-11H3,(H,82,105)(H,83,106)(H,85,110)(H,86,111)(H,87,112)(H,89,113)(H,90,114)(H,92,107)(H,93,108)/t51-/m1/s1. The summed E-state index contributed by atoms with van der Waals surface area (Å²) < 4.78 is 54.9. The highest BCUT2D eigenvalue weighted by Gasteiger charge is 2.32. The Kier molecular flexibility index (Phi) is 34.2. The molecule has 0 bridgehead atoms. The number of benzene rings is 1. The number of pyridine rings is 1. The Morgan fingerprint density at radius 3 is 1.58 bits per heavy atom. The van der Waals surface area contributed by atoms with Gasteiger partial charge in [-0.25, -0.2) is 19.9 Å². The average molecular weight is 1690 g/mol. The number of ether oxygens (including phenoxy) is 7. The SMILES string of the molecule is COC[C@@H](C)n1c(C2CCN(C(=O)COCCOCCOCCOCCOCCC(=O)NCCCN(C)CCCNC(=O)CCNC(=O)c3nc(NC(=O)CCNC(=O)c4cc(NC(=O)c5nc(NC(=O)CCNC(=O)c6cc(NC(=O)c7nccn7C)cn6C)cn5C)cn4C)cn3C)CC2)nc2cnc3cc(-c4c(C)noc4C)c(OC)cc3c21. The molecule has 41 heteroatoms. The molecule has 0 aliphatic carbocycles. The van der Waals surface area contributed by atoms with Crippen LogP contribution in [0.2, 0.25) is 0 Å². The minimum atomic E-state index is -0.640. The number of aromatic nitrogens is 12. The van der Waals surface area contributed by atoms with Gasteiger partial charge in [0.2, 0.25) is 41.2 Å². The largest absolute Gasteiger partial charge is 0.496 e. The van der Waals surface area contributed by atoms with Gasteiger partial charge in [0.15, 0.2) is 17.5 Å². The van der Waals surface area contributed by atoms with E-state index >= 15 is 0 Å². The molecule has 0 saturated carbocycles. The summed E-state index contributed by atoms with van der Waals surface area (Å²) in [6.45, 7) is 12.9. The first-order valence-corrected chi connectivity index (χ1v) is 40.4. The normalized spacial score (nSPS) is 12.6. The minimum Gasteiger partial charge on any atom is -0.496 e. The number of piperidine rings is 1. The number of nitrogens with one attached hydrogen (secondary N) is 9. The summed E-state index contributed by atoms with van der Waals surface area (Å²) in [5, 5.41) is 29.5. The van der Waals surface area contributed by atoms with Crippen molar-refractivity contribution in [1.29, 1.82) is 0 Å². The number of rotatable bonds is 49. The fraction of sp³-hybridized carbons (Fsp3) is 0.506. The Balaban J connectivity index is 0.487. The Morgan fingerprint density at radius 2 is 1.06 bits per heavy atom. The van der Waals surface area contributed by atoms with Crippen LogP contribution >= 0.6 is 0 Å². The molecule has 1 aliphatic rings. The van der Waals surface area contributed by atoms with E-state index in [2.05, 4.69) is 84.4 Å². The van der Waals surface area contributed by atoms with Gasteiger partial charge >= 0.3 is 0 Å². The zero-order chi connectivity index (χ0) is 87.4. The fourth-order valence-corrected chi connectivity index (χ4v) is 13.9. The summed E-state index contributed by atoms with van der Waals surface area (Å²) in [5.74, 6) is -1.30. The van der Waals surface area contributed by atoms with E-state index < -0.39 is 41.4 Å². The van der Waals surface area contributed by atoms with E-state index in [1.165, 1.54) is 55.2 Å². The van der Waals surface area contributed by atoms with Crippen LogP contribution < -0.4 is 52.6 Å². The first-order chi connectivity index (χ1) is 58.8. The van der Waals surface area contributed by atoms with E-state index in [4.69, 9.17) is 47.6 Å². The third kappa shape index (κ3) is 25.9. The summed E-state index contributed by atoms with van der Waals surface area (Å²) in [7, 11) is 13.4. The molecule has 41 nitrogen and oxygen atoms in total. The maximum atomic E-state index is 13.3. The van der Waals surface area contributed by atoms with Crippen LogP contribution in [-0.2, 0) is 87.6 Å². The summed E-state index contributed by atoms with van der Waals surface area (Å²) in [4.78, 5) is 155. The number of anilines is 4. The van der Waals surface area contributed by atoms with Crippen molar-refractivity contribution < 1.29 is 85.6 Å². The third-order valence-corrected chi connectivity index (χ3v) is 20.1. The number of methoxy groups -OCH3 is 2. The minimum absolute atomic E-state index is 0.00364. The highest BCUT2D eigenvalue weighted by atomic mass is 16.6. The van der Waals surface area contributed by atoms with Crippen LogP contribution in [0.1, 0.15) is 140 Å². The average Bonchev–Trinajstić information content (AvgIpc) is 1.55. The molecule has 658 valence electrons. The fourth-order valence-electron chi connectivity index (χ4n) is 13.9. The van der Waals surface area contributed by atoms with Gasteiger partial charge in [-0.1, -0.05) is 5.16 Å². The van der Waals surface area contributed by atoms with Crippen molar-refractivity contribution in [2.75, 3.05) is 174 Å². The molecule has 9 aromatic rings. The van der Waals surface area contributed by atoms with Crippen molar-refractivity contribution >= 4 is 104 Å². The number of nitrogens with zero attached hydrogens (tertiary/aromatic N) is 14. The molecule has 8 aromatic heterocycles. The van der Waals surface area contributed by atoms with Gasteiger partial charge in [0.05, 0.1) is 119 Å². The molecule has 122 heavy (non-hydrogen) atoms. The van der Waals surface area contributed by atoms with Crippen LogP contribution in [0.3, 0.4) is 0 Å². The smallest absolute Gasteiger partial charge is 0.291 e. The van der Waals surface area contributed by atoms with Crippen LogP contribution in [0.25, 0.3) is 33.1 Å². The van der Waals surface area contributed by atoms with Gasteiger partial charge in [-0.3, -0.25) is 52.9 Å². The molecular formula is C81H111N23O18. The molecule has 10 amide bonds. The molecule has 1 atom stereocenters. The predicted octanol–water partition coefficient (Wildman–Crippen LogP) is 3.92. The van der Waals surface area contributed by atoms with Crippen LogP contribution in [0.15, 0.2) is 72.2 Å². The van der Waals surface area contributed by atoms with Gasteiger partial charge in [0, 0.05) is 168 Å². The van der Waals surface area contributed by atoms with Crippen LogP contribution in [-0.4, -0.2) is 279 Å². The molecule has 0 radical (unpaired) electrons. The number of amides is 10. The van der Waals surface area contributed by atoms with E-state index in [0.29, 0.717) is 109 Å². The molecule has 1 aliphatic heterocycles. The van der Waals surface area contributed by atoms with Gasteiger partial charge in [-0.15, -0.1) is 0 Å². The van der Waals surface area contributed by atoms with Crippen LogP contribution in [0.5, 0.6) is 5.75 Å². The lowest BCUT2D eigenvalue weighted by Gasteiger charge is -2.32. The molecule has 0 unspecified atom stereocenters. The lowest BCUT2D eigenvalue weighted by molar-refractivity contribution is -0.138. The predicted molar refractivity (Wildman–Crippen MR) is 448 cm³/mol. The second kappa shape index (κ2) is 45.4. The lowest BCUT2D eigenvalue weighted by Crippen LogP contribution is -2.40.